The predicted molar refractivity (Wildman–Crippen MR) is 55.0 cm³/mol. The molecule has 0 aromatic rings. The number of methoxy groups -OCH3 is 1. The van der Waals surface area contributed by atoms with Crippen molar-refractivity contribution in [3.8, 4) is 0 Å². The van der Waals surface area contributed by atoms with Gasteiger partial charge in [-0.25, -0.2) is 0 Å². The highest BCUT2D eigenvalue weighted by molar-refractivity contribution is 5.80. The summed E-state index contributed by atoms with van der Waals surface area (Å²) in [5, 5.41) is 0. The van der Waals surface area contributed by atoms with Gasteiger partial charge in [-0.15, -0.1) is 0 Å². The van der Waals surface area contributed by atoms with Gasteiger partial charge >= 0.3 is 0 Å². The van der Waals surface area contributed by atoms with Gasteiger partial charge in [-0.1, -0.05) is 6.92 Å². The Kier molecular flexibility index (Phi) is 3.72. The van der Waals surface area contributed by atoms with Crippen LogP contribution in [0.5, 0.6) is 0 Å². The fourth-order valence-electron chi connectivity index (χ4n) is 1.58. The second kappa shape index (κ2) is 4.61. The molecule has 76 valence electrons. The molecule has 3 nitrogen and oxygen atoms in total. The van der Waals surface area contributed by atoms with Gasteiger partial charge < -0.3 is 10.5 Å². The van der Waals surface area contributed by atoms with Gasteiger partial charge in [0.05, 0.1) is 18.0 Å². The summed E-state index contributed by atoms with van der Waals surface area (Å²) in [5.74, 6) is 0.769. The van der Waals surface area contributed by atoms with Crippen LogP contribution in [0, 0.1) is 0 Å². The van der Waals surface area contributed by atoms with Gasteiger partial charge in [-0.05, 0) is 25.7 Å². The molecule has 13 heavy (non-hydrogen) atoms. The monoisotopic (exact) mass is 184 g/mol. The normalized spacial score (nSPS) is 21.2. The fraction of sp³-hybridized carbons (Fsp3) is 0.900. The van der Waals surface area contributed by atoms with Crippen molar-refractivity contribution in [2.24, 2.45) is 10.7 Å². The number of amidine groups is 1. The Morgan fingerprint density at radius 1 is 1.54 bits per heavy atom. The lowest BCUT2D eigenvalue weighted by Gasteiger charge is -2.39. The van der Waals surface area contributed by atoms with Crippen LogP contribution >= 0.6 is 0 Å². The zero-order valence-corrected chi connectivity index (χ0v) is 8.68. The highest BCUT2D eigenvalue weighted by Crippen LogP contribution is 2.35. The number of hydrogen-bond acceptors (Lipinski definition) is 2. The first-order chi connectivity index (χ1) is 6.22. The molecule has 1 aliphatic rings. The van der Waals surface area contributed by atoms with Gasteiger partial charge in [-0.3, -0.25) is 4.99 Å². The second-order valence-electron chi connectivity index (χ2n) is 3.80. The minimum atomic E-state index is 0.0262. The first kappa shape index (κ1) is 10.5. The molecule has 1 saturated carbocycles. The highest BCUT2D eigenvalue weighted by atomic mass is 16.5. The average molecular weight is 184 g/mol. The van der Waals surface area contributed by atoms with E-state index in [-0.39, 0.29) is 5.60 Å². The van der Waals surface area contributed by atoms with Crippen molar-refractivity contribution in [3.63, 3.8) is 0 Å². The Hall–Kier alpha value is -0.570. The molecule has 1 aliphatic carbocycles. The van der Waals surface area contributed by atoms with Crippen molar-refractivity contribution in [1.82, 2.24) is 0 Å². The van der Waals surface area contributed by atoms with Crippen molar-refractivity contribution in [2.75, 3.05) is 13.7 Å². The largest absolute Gasteiger partial charge is 0.387 e. The molecule has 0 amide bonds. The lowest BCUT2D eigenvalue weighted by Crippen LogP contribution is -2.42. The van der Waals surface area contributed by atoms with E-state index in [2.05, 4.69) is 11.9 Å². The van der Waals surface area contributed by atoms with Crippen LogP contribution in [-0.4, -0.2) is 25.1 Å². The topological polar surface area (TPSA) is 47.6 Å². The van der Waals surface area contributed by atoms with Gasteiger partial charge in [-0.2, -0.15) is 0 Å². The van der Waals surface area contributed by atoms with Gasteiger partial charge in [0.15, 0.2) is 0 Å². The van der Waals surface area contributed by atoms with E-state index in [4.69, 9.17) is 10.5 Å². The zero-order valence-electron chi connectivity index (χ0n) is 8.68. The second-order valence-corrected chi connectivity index (χ2v) is 3.80. The molecule has 0 heterocycles. The maximum atomic E-state index is 5.72. The molecule has 0 atom stereocenters. The van der Waals surface area contributed by atoms with Crippen LogP contribution in [0.3, 0.4) is 0 Å². The van der Waals surface area contributed by atoms with Crippen LogP contribution in [-0.2, 0) is 4.74 Å². The van der Waals surface area contributed by atoms with E-state index in [0.717, 1.165) is 38.1 Å². The van der Waals surface area contributed by atoms with E-state index in [1.807, 2.05) is 0 Å². The van der Waals surface area contributed by atoms with Crippen LogP contribution in [0.25, 0.3) is 0 Å². The molecule has 3 heteroatoms. The lowest BCUT2D eigenvalue weighted by atomic mass is 9.80. The average Bonchev–Trinajstić information content (AvgIpc) is 2.04. The Labute approximate surface area is 80.4 Å². The minimum absolute atomic E-state index is 0.0262. The SMILES string of the molecule is CCCC(N)=NCC1(OC)CCC1. The maximum Gasteiger partial charge on any atom is 0.0938 e. The number of ether oxygens (including phenoxy) is 1. The molecule has 2 N–H and O–H groups in total. The molecule has 0 bridgehead atoms. The highest BCUT2D eigenvalue weighted by Gasteiger charge is 2.36. The standard InChI is InChI=1S/C10H20N2O/c1-3-5-9(11)12-8-10(13-2)6-4-7-10/h3-8H2,1-2H3,(H2,11,12). The maximum absolute atomic E-state index is 5.72. The molecule has 0 saturated heterocycles. The molecule has 0 radical (unpaired) electrons. The Morgan fingerprint density at radius 3 is 2.62 bits per heavy atom. The summed E-state index contributed by atoms with van der Waals surface area (Å²) < 4.78 is 5.44. The van der Waals surface area contributed by atoms with Crippen LogP contribution in [0.4, 0.5) is 0 Å². The van der Waals surface area contributed by atoms with E-state index < -0.39 is 0 Å². The fourth-order valence-corrected chi connectivity index (χ4v) is 1.58. The number of nitrogens with two attached hydrogens (primary N) is 1. The zero-order chi connectivity index (χ0) is 9.73. The summed E-state index contributed by atoms with van der Waals surface area (Å²) in [6.45, 7) is 2.85. The molecule has 1 fully saturated rings. The van der Waals surface area contributed by atoms with Crippen LogP contribution in [0.1, 0.15) is 39.0 Å². The molecule has 0 aromatic carbocycles. The smallest absolute Gasteiger partial charge is 0.0938 e. The minimum Gasteiger partial charge on any atom is -0.387 e. The predicted octanol–water partition coefficient (Wildman–Crippen LogP) is 1.71. The lowest BCUT2D eigenvalue weighted by molar-refractivity contribution is -0.0629. The van der Waals surface area contributed by atoms with Crippen molar-refractivity contribution >= 4 is 5.84 Å². The van der Waals surface area contributed by atoms with Crippen molar-refractivity contribution in [2.45, 2.75) is 44.6 Å². The number of hydrogen-bond donors (Lipinski definition) is 1. The van der Waals surface area contributed by atoms with E-state index in [0.29, 0.717) is 0 Å². The summed E-state index contributed by atoms with van der Waals surface area (Å²) in [7, 11) is 1.77. The molecular formula is C10H20N2O. The van der Waals surface area contributed by atoms with Gasteiger partial charge in [0, 0.05) is 13.5 Å². The van der Waals surface area contributed by atoms with Gasteiger partial charge in [0.25, 0.3) is 0 Å². The number of rotatable bonds is 5. The summed E-state index contributed by atoms with van der Waals surface area (Å²) in [6, 6.07) is 0. The summed E-state index contributed by atoms with van der Waals surface area (Å²) in [5.41, 5.74) is 5.75. The van der Waals surface area contributed by atoms with Crippen LogP contribution in [0.2, 0.25) is 0 Å². The third-order valence-electron chi connectivity index (χ3n) is 2.77. The quantitative estimate of drug-likeness (QED) is 0.522. The molecule has 0 aromatic heterocycles. The van der Waals surface area contributed by atoms with E-state index in [1.54, 1.807) is 7.11 Å². The number of nitrogens with zero attached hydrogens (tertiary/aromatic N) is 1. The Morgan fingerprint density at radius 2 is 2.23 bits per heavy atom. The summed E-state index contributed by atoms with van der Waals surface area (Å²) >= 11 is 0. The summed E-state index contributed by atoms with van der Waals surface area (Å²) in [6.07, 6.45) is 5.49. The van der Waals surface area contributed by atoms with E-state index >= 15 is 0 Å². The van der Waals surface area contributed by atoms with Crippen molar-refractivity contribution in [3.05, 3.63) is 0 Å². The Bertz CT molecular complexity index is 180. The van der Waals surface area contributed by atoms with E-state index in [1.165, 1.54) is 6.42 Å². The summed E-state index contributed by atoms with van der Waals surface area (Å²) in [4.78, 5) is 4.35. The first-order valence-corrected chi connectivity index (χ1v) is 5.06. The van der Waals surface area contributed by atoms with Crippen LogP contribution < -0.4 is 5.73 Å². The molecule has 0 aliphatic heterocycles. The van der Waals surface area contributed by atoms with Crippen molar-refractivity contribution in [1.29, 1.82) is 0 Å². The number of aliphatic imine (C=N–C) groups is 1. The van der Waals surface area contributed by atoms with Gasteiger partial charge in [0.1, 0.15) is 0 Å². The molecule has 1 rings (SSSR count). The molecular weight excluding hydrogens is 164 g/mol. The van der Waals surface area contributed by atoms with Crippen LogP contribution in [0.15, 0.2) is 4.99 Å². The third kappa shape index (κ3) is 2.69. The first-order valence-electron chi connectivity index (χ1n) is 5.06. The molecule has 0 unspecified atom stereocenters. The third-order valence-corrected chi connectivity index (χ3v) is 2.77. The molecule has 0 spiro atoms. The Balaban J connectivity index is 2.34. The van der Waals surface area contributed by atoms with Crippen molar-refractivity contribution < 1.29 is 4.74 Å². The van der Waals surface area contributed by atoms with E-state index in [9.17, 15) is 0 Å². The van der Waals surface area contributed by atoms with Gasteiger partial charge in [0.2, 0.25) is 0 Å².